The van der Waals surface area contributed by atoms with Gasteiger partial charge in [0.25, 0.3) is 0 Å². The van der Waals surface area contributed by atoms with E-state index in [9.17, 15) is 0 Å². The quantitative estimate of drug-likeness (QED) is 0.814. The predicted molar refractivity (Wildman–Crippen MR) is 67.2 cm³/mol. The monoisotopic (exact) mass is 253 g/mol. The molecule has 1 unspecified atom stereocenters. The molecule has 1 aliphatic heterocycles. The molecule has 2 heterocycles. The van der Waals surface area contributed by atoms with Crippen LogP contribution in [0.2, 0.25) is 0 Å². The number of anilines is 1. The molecule has 0 saturated carbocycles. The number of piperidine rings is 1. The van der Waals surface area contributed by atoms with Crippen LogP contribution in [0.4, 0.5) is 5.95 Å². The van der Waals surface area contributed by atoms with E-state index in [4.69, 9.17) is 9.47 Å². The van der Waals surface area contributed by atoms with Gasteiger partial charge in [0.1, 0.15) is 0 Å². The van der Waals surface area contributed by atoms with Gasteiger partial charge in [0, 0.05) is 19.1 Å². The molecule has 2 rings (SSSR count). The summed E-state index contributed by atoms with van der Waals surface area (Å²) in [6.45, 7) is 1.82. The summed E-state index contributed by atoms with van der Waals surface area (Å²) < 4.78 is 10.1. The van der Waals surface area contributed by atoms with Gasteiger partial charge in [-0.25, -0.2) is 0 Å². The molecule has 0 aromatic carbocycles. The Kier molecular flexibility index (Phi) is 4.14. The molecule has 0 aliphatic carbocycles. The maximum atomic E-state index is 5.06. The largest absolute Gasteiger partial charge is 0.467 e. The Labute approximate surface area is 107 Å². The lowest BCUT2D eigenvalue weighted by atomic mass is 10.1. The zero-order valence-corrected chi connectivity index (χ0v) is 11.0. The van der Waals surface area contributed by atoms with Crippen LogP contribution in [0, 0.1) is 0 Å². The van der Waals surface area contributed by atoms with E-state index in [0.717, 1.165) is 19.5 Å². The number of likely N-dealkylation sites (N-methyl/N-ethyl adjacent to an activating group) is 1. The van der Waals surface area contributed by atoms with Gasteiger partial charge in [0.15, 0.2) is 0 Å². The first-order valence-corrected chi connectivity index (χ1v) is 6.03. The van der Waals surface area contributed by atoms with Gasteiger partial charge in [0.2, 0.25) is 5.95 Å². The van der Waals surface area contributed by atoms with Gasteiger partial charge in [-0.05, 0) is 19.9 Å². The van der Waals surface area contributed by atoms with Crippen molar-refractivity contribution in [2.45, 2.75) is 18.9 Å². The Balaban J connectivity index is 2.20. The number of methoxy groups -OCH3 is 2. The van der Waals surface area contributed by atoms with Crippen molar-refractivity contribution in [3.63, 3.8) is 0 Å². The molecule has 1 atom stereocenters. The number of hydrogen-bond acceptors (Lipinski definition) is 7. The highest BCUT2D eigenvalue weighted by atomic mass is 16.5. The summed E-state index contributed by atoms with van der Waals surface area (Å²) in [5, 5.41) is 3.29. The molecule has 1 aliphatic rings. The second-order valence-corrected chi connectivity index (χ2v) is 4.18. The van der Waals surface area contributed by atoms with Crippen LogP contribution >= 0.6 is 0 Å². The highest BCUT2D eigenvalue weighted by Crippen LogP contribution is 2.19. The second-order valence-electron chi connectivity index (χ2n) is 4.18. The van der Waals surface area contributed by atoms with Crippen LogP contribution in [0.1, 0.15) is 12.8 Å². The molecule has 0 bridgehead atoms. The molecular weight excluding hydrogens is 234 g/mol. The van der Waals surface area contributed by atoms with E-state index in [1.807, 2.05) is 7.05 Å². The third-order valence-corrected chi connectivity index (χ3v) is 3.06. The van der Waals surface area contributed by atoms with E-state index in [1.165, 1.54) is 20.6 Å². The van der Waals surface area contributed by atoms with E-state index >= 15 is 0 Å². The van der Waals surface area contributed by atoms with Crippen molar-refractivity contribution >= 4 is 5.95 Å². The summed E-state index contributed by atoms with van der Waals surface area (Å²) in [5.74, 6) is 0.610. The molecule has 7 nitrogen and oxygen atoms in total. The lowest BCUT2D eigenvalue weighted by Gasteiger charge is -2.32. The first-order chi connectivity index (χ1) is 8.76. The Bertz CT molecular complexity index is 379. The van der Waals surface area contributed by atoms with Crippen LogP contribution < -0.4 is 19.7 Å². The fourth-order valence-electron chi connectivity index (χ4n) is 2.05. The average Bonchev–Trinajstić information content (AvgIpc) is 2.46. The van der Waals surface area contributed by atoms with E-state index in [0.29, 0.717) is 12.0 Å². The lowest BCUT2D eigenvalue weighted by Crippen LogP contribution is -2.45. The van der Waals surface area contributed by atoms with Gasteiger partial charge in [-0.2, -0.15) is 9.97 Å². The number of rotatable bonds is 4. The van der Waals surface area contributed by atoms with Gasteiger partial charge in [0.05, 0.1) is 14.2 Å². The number of ether oxygens (including phenoxy) is 2. The smallest absolute Gasteiger partial charge is 0.324 e. The van der Waals surface area contributed by atoms with Crippen molar-refractivity contribution in [1.82, 2.24) is 20.3 Å². The van der Waals surface area contributed by atoms with Gasteiger partial charge in [-0.1, -0.05) is 0 Å². The lowest BCUT2D eigenvalue weighted by molar-refractivity contribution is 0.338. The fourth-order valence-corrected chi connectivity index (χ4v) is 2.05. The summed E-state index contributed by atoms with van der Waals surface area (Å²) in [4.78, 5) is 14.6. The van der Waals surface area contributed by atoms with Gasteiger partial charge < -0.3 is 19.7 Å². The molecule has 1 N–H and O–H groups in total. The van der Waals surface area contributed by atoms with E-state index in [-0.39, 0.29) is 12.0 Å². The van der Waals surface area contributed by atoms with Crippen molar-refractivity contribution in [3.8, 4) is 12.0 Å². The summed E-state index contributed by atoms with van der Waals surface area (Å²) in [7, 11) is 5.04. The standard InChI is InChI=1S/C11H19N5O2/c1-12-8-5-4-6-16(7-8)9-13-10(17-2)15-11(14-9)18-3/h8,12H,4-7H2,1-3H3. The summed E-state index contributed by atoms with van der Waals surface area (Å²) in [6, 6.07) is 1.03. The minimum absolute atomic E-state index is 0.281. The topological polar surface area (TPSA) is 72.4 Å². The third kappa shape index (κ3) is 2.79. The molecule has 1 aromatic heterocycles. The van der Waals surface area contributed by atoms with Crippen LogP contribution in [0.5, 0.6) is 12.0 Å². The first-order valence-electron chi connectivity index (χ1n) is 6.03. The van der Waals surface area contributed by atoms with Crippen LogP contribution in [0.25, 0.3) is 0 Å². The highest BCUT2D eigenvalue weighted by Gasteiger charge is 2.22. The maximum Gasteiger partial charge on any atom is 0.324 e. The minimum Gasteiger partial charge on any atom is -0.467 e. The van der Waals surface area contributed by atoms with E-state index < -0.39 is 0 Å². The molecule has 1 saturated heterocycles. The van der Waals surface area contributed by atoms with E-state index in [2.05, 4.69) is 25.2 Å². The Hall–Kier alpha value is -1.63. The van der Waals surface area contributed by atoms with Crippen LogP contribution in [0.15, 0.2) is 0 Å². The average molecular weight is 253 g/mol. The Morgan fingerprint density at radius 1 is 1.17 bits per heavy atom. The van der Waals surface area contributed by atoms with Crippen LogP contribution in [-0.2, 0) is 0 Å². The Morgan fingerprint density at radius 3 is 2.39 bits per heavy atom. The summed E-state index contributed by atoms with van der Waals surface area (Å²) in [5.41, 5.74) is 0. The van der Waals surface area contributed by atoms with Gasteiger partial charge >= 0.3 is 12.0 Å². The van der Waals surface area contributed by atoms with Crippen LogP contribution in [0.3, 0.4) is 0 Å². The summed E-state index contributed by atoms with van der Waals surface area (Å²) >= 11 is 0. The van der Waals surface area contributed by atoms with Crippen molar-refractivity contribution in [3.05, 3.63) is 0 Å². The zero-order chi connectivity index (χ0) is 13.0. The molecule has 0 amide bonds. The molecule has 7 heteroatoms. The number of aromatic nitrogens is 3. The molecule has 0 radical (unpaired) electrons. The Morgan fingerprint density at radius 2 is 1.83 bits per heavy atom. The zero-order valence-electron chi connectivity index (χ0n) is 11.0. The van der Waals surface area contributed by atoms with Gasteiger partial charge in [-0.15, -0.1) is 4.98 Å². The van der Waals surface area contributed by atoms with Crippen LogP contribution in [-0.4, -0.2) is 55.4 Å². The van der Waals surface area contributed by atoms with Gasteiger partial charge in [-0.3, -0.25) is 0 Å². The fraction of sp³-hybridized carbons (Fsp3) is 0.727. The van der Waals surface area contributed by atoms with Crippen molar-refractivity contribution in [2.75, 3.05) is 39.3 Å². The normalized spacial score (nSPS) is 19.7. The number of nitrogens with one attached hydrogen (secondary N) is 1. The molecular formula is C11H19N5O2. The number of nitrogens with zero attached hydrogens (tertiary/aromatic N) is 4. The van der Waals surface area contributed by atoms with Crippen molar-refractivity contribution < 1.29 is 9.47 Å². The molecule has 18 heavy (non-hydrogen) atoms. The minimum atomic E-state index is 0.281. The second kappa shape index (κ2) is 5.81. The number of hydrogen-bond donors (Lipinski definition) is 1. The van der Waals surface area contributed by atoms with Crippen molar-refractivity contribution in [1.29, 1.82) is 0 Å². The highest BCUT2D eigenvalue weighted by molar-refractivity contribution is 5.33. The SMILES string of the molecule is CNC1CCCN(c2nc(OC)nc(OC)n2)C1. The van der Waals surface area contributed by atoms with Crippen molar-refractivity contribution in [2.24, 2.45) is 0 Å². The maximum absolute atomic E-state index is 5.06. The first kappa shape index (κ1) is 12.8. The molecule has 1 fully saturated rings. The van der Waals surface area contributed by atoms with E-state index in [1.54, 1.807) is 0 Å². The molecule has 0 spiro atoms. The predicted octanol–water partition coefficient (Wildman–Crippen LogP) is 0.0770. The summed E-state index contributed by atoms with van der Waals surface area (Å²) in [6.07, 6.45) is 2.29. The molecule has 100 valence electrons. The third-order valence-electron chi connectivity index (χ3n) is 3.06. The molecule has 1 aromatic rings.